The Bertz CT molecular complexity index is 700. The number of likely N-dealkylation sites (tertiary alicyclic amines) is 1. The molecule has 0 spiro atoms. The fraction of sp³-hybridized carbons (Fsp3) is 0.412. The van der Waals surface area contributed by atoms with E-state index in [1.54, 1.807) is 16.8 Å². The van der Waals surface area contributed by atoms with Crippen LogP contribution < -0.4 is 0 Å². The highest BCUT2D eigenvalue weighted by molar-refractivity contribution is 5.94. The molecule has 3 rings (SSSR count). The van der Waals surface area contributed by atoms with Gasteiger partial charge in [0.2, 0.25) is 0 Å². The Kier molecular flexibility index (Phi) is 5.00. The van der Waals surface area contributed by atoms with Crippen LogP contribution in [-0.4, -0.2) is 56.1 Å². The van der Waals surface area contributed by atoms with E-state index in [4.69, 9.17) is 4.74 Å². The highest BCUT2D eigenvalue weighted by Crippen LogP contribution is 2.26. The van der Waals surface area contributed by atoms with Gasteiger partial charge in [-0.25, -0.2) is 0 Å². The summed E-state index contributed by atoms with van der Waals surface area (Å²) >= 11 is 0. The minimum atomic E-state index is -0.0384. The number of aryl methyl sites for hydroxylation is 1. The average molecular weight is 327 g/mol. The first-order chi connectivity index (χ1) is 11.7. The Labute approximate surface area is 140 Å². The van der Waals surface area contributed by atoms with Gasteiger partial charge in [-0.2, -0.15) is 15.3 Å². The maximum atomic E-state index is 12.8. The zero-order valence-corrected chi connectivity index (χ0v) is 13.7. The summed E-state index contributed by atoms with van der Waals surface area (Å²) in [5.74, 6) is -0.0384. The lowest BCUT2D eigenvalue weighted by molar-refractivity contribution is 0.0379. The van der Waals surface area contributed by atoms with E-state index < -0.39 is 0 Å². The summed E-state index contributed by atoms with van der Waals surface area (Å²) in [5.41, 5.74) is 1.63. The molecule has 0 saturated carbocycles. The first kappa shape index (κ1) is 16.3. The van der Waals surface area contributed by atoms with E-state index in [0.717, 1.165) is 12.0 Å². The number of ether oxygens (including phenoxy) is 1. The van der Waals surface area contributed by atoms with Crippen LogP contribution in [0.3, 0.4) is 0 Å². The molecule has 2 aromatic heterocycles. The summed E-state index contributed by atoms with van der Waals surface area (Å²) in [4.78, 5) is 14.7. The minimum Gasteiger partial charge on any atom is -0.372 e. The molecule has 24 heavy (non-hydrogen) atoms. The zero-order chi connectivity index (χ0) is 16.9. The van der Waals surface area contributed by atoms with Gasteiger partial charge >= 0.3 is 0 Å². The van der Waals surface area contributed by atoms with Crippen LogP contribution in [0.5, 0.6) is 0 Å². The smallest absolute Gasteiger partial charge is 0.255 e. The molecule has 1 saturated heterocycles. The molecule has 2 aromatic rings. The summed E-state index contributed by atoms with van der Waals surface area (Å²) in [5, 5.41) is 11.7. The van der Waals surface area contributed by atoms with Crippen LogP contribution >= 0.6 is 0 Å². The van der Waals surface area contributed by atoms with Gasteiger partial charge in [0.15, 0.2) is 0 Å². The quantitative estimate of drug-likeness (QED) is 0.746. The van der Waals surface area contributed by atoms with Gasteiger partial charge in [-0.15, -0.1) is 6.58 Å². The Morgan fingerprint density at radius 2 is 2.33 bits per heavy atom. The van der Waals surface area contributed by atoms with E-state index in [0.29, 0.717) is 25.1 Å². The predicted molar refractivity (Wildman–Crippen MR) is 88.3 cm³/mol. The van der Waals surface area contributed by atoms with Crippen molar-refractivity contribution < 1.29 is 9.53 Å². The van der Waals surface area contributed by atoms with Crippen LogP contribution in [0.4, 0.5) is 0 Å². The number of hydrogen-bond donors (Lipinski definition) is 0. The monoisotopic (exact) mass is 327 g/mol. The van der Waals surface area contributed by atoms with Gasteiger partial charge < -0.3 is 9.64 Å². The summed E-state index contributed by atoms with van der Waals surface area (Å²) in [6.07, 6.45) is 10.1. The van der Waals surface area contributed by atoms with Gasteiger partial charge in [-0.1, -0.05) is 6.08 Å². The van der Waals surface area contributed by atoms with Gasteiger partial charge in [0.05, 0.1) is 42.9 Å². The van der Waals surface area contributed by atoms with Gasteiger partial charge in [-0.3, -0.25) is 9.48 Å². The zero-order valence-electron chi connectivity index (χ0n) is 13.7. The van der Waals surface area contributed by atoms with Gasteiger partial charge in [-0.05, 0) is 24.5 Å². The molecule has 7 heteroatoms. The fourth-order valence-corrected chi connectivity index (χ4v) is 3.11. The first-order valence-electron chi connectivity index (χ1n) is 7.96. The lowest BCUT2D eigenvalue weighted by atomic mass is 10.0. The molecular formula is C17H21N5O2. The van der Waals surface area contributed by atoms with Crippen LogP contribution in [0.25, 0.3) is 0 Å². The Morgan fingerprint density at radius 1 is 1.46 bits per heavy atom. The van der Waals surface area contributed by atoms with Gasteiger partial charge in [0.25, 0.3) is 5.91 Å². The number of rotatable bonds is 6. The molecule has 0 N–H and O–H groups in total. The summed E-state index contributed by atoms with van der Waals surface area (Å²) in [7, 11) is 1.88. The molecule has 1 amide bonds. The topological polar surface area (TPSA) is 73.1 Å². The highest BCUT2D eigenvalue weighted by Gasteiger charge is 2.38. The molecule has 0 bridgehead atoms. The lowest BCUT2D eigenvalue weighted by Gasteiger charge is -2.28. The molecule has 0 aromatic carbocycles. The van der Waals surface area contributed by atoms with Crippen molar-refractivity contribution in [3.63, 3.8) is 0 Å². The van der Waals surface area contributed by atoms with Crippen LogP contribution in [0.15, 0.2) is 43.5 Å². The molecular weight excluding hydrogens is 306 g/mol. The SMILES string of the molecule is C=CCO[C@@H]1CCN(C(=O)c2ccnnc2)[C@@H]1Cc1cnn(C)c1. The van der Waals surface area contributed by atoms with Gasteiger partial charge in [0, 0.05) is 19.8 Å². The third kappa shape index (κ3) is 3.51. The molecule has 126 valence electrons. The predicted octanol–water partition coefficient (Wildman–Crippen LogP) is 1.24. The van der Waals surface area contributed by atoms with Crippen molar-refractivity contribution in [2.75, 3.05) is 13.2 Å². The average Bonchev–Trinajstić information content (AvgIpc) is 3.20. The summed E-state index contributed by atoms with van der Waals surface area (Å²) < 4.78 is 7.66. The van der Waals surface area contributed by atoms with Gasteiger partial charge in [0.1, 0.15) is 0 Å². The Hall–Kier alpha value is -2.54. The van der Waals surface area contributed by atoms with E-state index >= 15 is 0 Å². The van der Waals surface area contributed by atoms with Crippen molar-refractivity contribution in [1.29, 1.82) is 0 Å². The number of hydrogen-bond acceptors (Lipinski definition) is 5. The van der Waals surface area contributed by atoms with Crippen molar-refractivity contribution >= 4 is 5.91 Å². The van der Waals surface area contributed by atoms with E-state index in [1.165, 1.54) is 12.4 Å². The van der Waals surface area contributed by atoms with Crippen LogP contribution in [0.1, 0.15) is 22.3 Å². The number of aromatic nitrogens is 4. The van der Waals surface area contributed by atoms with E-state index in [-0.39, 0.29) is 18.1 Å². The van der Waals surface area contributed by atoms with Crippen LogP contribution in [0.2, 0.25) is 0 Å². The maximum absolute atomic E-state index is 12.8. The second kappa shape index (κ2) is 7.35. The van der Waals surface area contributed by atoms with Crippen molar-refractivity contribution in [3.05, 3.63) is 54.6 Å². The Morgan fingerprint density at radius 3 is 3.00 bits per heavy atom. The normalized spacial score (nSPS) is 20.3. The summed E-state index contributed by atoms with van der Waals surface area (Å²) in [6, 6.07) is 1.66. The molecule has 1 aliphatic rings. The van der Waals surface area contributed by atoms with Crippen molar-refractivity contribution in [2.24, 2.45) is 7.05 Å². The van der Waals surface area contributed by atoms with Crippen LogP contribution in [-0.2, 0) is 18.2 Å². The molecule has 7 nitrogen and oxygen atoms in total. The van der Waals surface area contributed by atoms with Crippen LogP contribution in [0, 0.1) is 0 Å². The summed E-state index contributed by atoms with van der Waals surface area (Å²) in [6.45, 7) is 4.84. The molecule has 3 heterocycles. The molecule has 2 atom stereocenters. The number of amides is 1. The molecule has 1 fully saturated rings. The largest absolute Gasteiger partial charge is 0.372 e. The second-order valence-corrected chi connectivity index (χ2v) is 5.87. The molecule has 0 radical (unpaired) electrons. The number of carbonyl (C=O) groups is 1. The van der Waals surface area contributed by atoms with E-state index in [1.807, 2.05) is 24.3 Å². The number of nitrogens with zero attached hydrogens (tertiary/aromatic N) is 5. The standard InChI is InChI=1S/C17H21N5O2/c1-3-8-24-16-5-7-22(17(23)14-4-6-18-19-11-14)15(16)9-13-10-20-21(2)12-13/h3-4,6,10-12,15-16H,1,5,7-9H2,2H3/t15-,16-/m1/s1. The van der Waals surface area contributed by atoms with Crippen molar-refractivity contribution in [3.8, 4) is 0 Å². The van der Waals surface area contributed by atoms with E-state index in [9.17, 15) is 4.79 Å². The molecule has 1 aliphatic heterocycles. The molecule has 0 unspecified atom stereocenters. The number of carbonyl (C=O) groups excluding carboxylic acids is 1. The fourth-order valence-electron chi connectivity index (χ4n) is 3.11. The van der Waals surface area contributed by atoms with Crippen molar-refractivity contribution in [2.45, 2.75) is 25.0 Å². The lowest BCUT2D eigenvalue weighted by Crippen LogP contribution is -2.42. The Balaban J connectivity index is 1.80. The minimum absolute atomic E-state index is 0.0121. The molecule has 0 aliphatic carbocycles. The second-order valence-electron chi connectivity index (χ2n) is 5.87. The third-order valence-corrected chi connectivity index (χ3v) is 4.21. The van der Waals surface area contributed by atoms with E-state index in [2.05, 4.69) is 21.9 Å². The third-order valence-electron chi connectivity index (χ3n) is 4.21. The highest BCUT2D eigenvalue weighted by atomic mass is 16.5. The van der Waals surface area contributed by atoms with Crippen molar-refractivity contribution in [1.82, 2.24) is 24.9 Å². The first-order valence-corrected chi connectivity index (χ1v) is 7.96. The maximum Gasteiger partial charge on any atom is 0.255 e.